The molecule has 0 aliphatic rings. The van der Waals surface area contributed by atoms with Crippen LogP contribution >= 0.6 is 0 Å². The molecule has 1 aromatic rings. The van der Waals surface area contributed by atoms with Crippen molar-refractivity contribution in [2.45, 2.75) is 33.1 Å². The summed E-state index contributed by atoms with van der Waals surface area (Å²) in [7, 11) is 0. The maximum atomic E-state index is 11.6. The molecule has 1 aromatic carbocycles. The fourth-order valence-corrected chi connectivity index (χ4v) is 1.62. The quantitative estimate of drug-likeness (QED) is 0.528. The first kappa shape index (κ1) is 13.5. The smallest absolute Gasteiger partial charge is 0.162 e. The third-order valence-electron chi connectivity index (χ3n) is 2.53. The molecule has 0 aliphatic heterocycles. The molecule has 0 heterocycles. The molecule has 2 nitrogen and oxygen atoms in total. The lowest BCUT2D eigenvalue weighted by Gasteiger charge is -2.11. The molecule has 17 heavy (non-hydrogen) atoms. The highest BCUT2D eigenvalue weighted by atomic mass is 16.5. The Morgan fingerprint density at radius 1 is 1.41 bits per heavy atom. The molecule has 0 aromatic heterocycles. The minimum atomic E-state index is 0.164. The lowest BCUT2D eigenvalue weighted by Crippen LogP contribution is -2.02. The van der Waals surface area contributed by atoms with E-state index in [0.29, 0.717) is 13.0 Å². The molecule has 1 rings (SSSR count). The molecule has 0 amide bonds. The van der Waals surface area contributed by atoms with E-state index >= 15 is 0 Å². The van der Waals surface area contributed by atoms with Crippen molar-refractivity contribution in [2.24, 2.45) is 0 Å². The first-order chi connectivity index (χ1) is 8.22. The molecule has 0 saturated heterocycles. The van der Waals surface area contributed by atoms with Gasteiger partial charge in [-0.15, -0.1) is 6.58 Å². The number of carbonyl (C=O) groups is 1. The van der Waals surface area contributed by atoms with Crippen LogP contribution in [0, 0.1) is 0 Å². The largest absolute Gasteiger partial charge is 0.493 e. The zero-order chi connectivity index (χ0) is 12.7. The summed E-state index contributed by atoms with van der Waals surface area (Å²) in [5.74, 6) is 1.02. The van der Waals surface area contributed by atoms with E-state index in [1.165, 1.54) is 0 Å². The van der Waals surface area contributed by atoms with Gasteiger partial charge in [-0.2, -0.15) is 0 Å². The average molecular weight is 232 g/mol. The Labute approximate surface area is 103 Å². The Hall–Kier alpha value is -1.57. The van der Waals surface area contributed by atoms with Gasteiger partial charge in [-0.1, -0.05) is 19.9 Å². The number of hydrogen-bond donors (Lipinski definition) is 0. The van der Waals surface area contributed by atoms with E-state index in [0.717, 1.165) is 29.7 Å². The molecule has 0 unspecified atom stereocenters. The van der Waals surface area contributed by atoms with Crippen molar-refractivity contribution in [1.29, 1.82) is 0 Å². The van der Waals surface area contributed by atoms with Gasteiger partial charge in [-0.3, -0.25) is 4.79 Å². The number of Topliss-reactive ketones (excluding diaryl/α,β-unsaturated/α-hetero) is 1. The van der Waals surface area contributed by atoms with Crippen LogP contribution in [0.4, 0.5) is 0 Å². The SMILES string of the molecule is C=CCc1cc(C(=O)CC)ccc1OCCC. The molecular weight excluding hydrogens is 212 g/mol. The second-order valence-corrected chi connectivity index (χ2v) is 3.94. The maximum Gasteiger partial charge on any atom is 0.162 e. The molecule has 0 atom stereocenters. The summed E-state index contributed by atoms with van der Waals surface area (Å²) in [4.78, 5) is 11.6. The highest BCUT2D eigenvalue weighted by Crippen LogP contribution is 2.22. The monoisotopic (exact) mass is 232 g/mol. The summed E-state index contributed by atoms with van der Waals surface area (Å²) in [6.07, 6.45) is 4.06. The van der Waals surface area contributed by atoms with Gasteiger partial charge in [0.2, 0.25) is 0 Å². The molecule has 92 valence electrons. The van der Waals surface area contributed by atoms with Crippen LogP contribution in [0.15, 0.2) is 30.9 Å². The van der Waals surface area contributed by atoms with E-state index in [1.807, 2.05) is 31.2 Å². The second-order valence-electron chi connectivity index (χ2n) is 3.94. The normalized spacial score (nSPS) is 10.0. The number of benzene rings is 1. The second kappa shape index (κ2) is 6.89. The number of rotatable bonds is 7. The fraction of sp³-hybridized carbons (Fsp3) is 0.400. The van der Waals surface area contributed by atoms with Crippen molar-refractivity contribution in [3.63, 3.8) is 0 Å². The summed E-state index contributed by atoms with van der Waals surface area (Å²) in [5, 5.41) is 0. The van der Waals surface area contributed by atoms with Crippen molar-refractivity contribution in [3.8, 4) is 5.75 Å². The molecule has 0 radical (unpaired) electrons. The van der Waals surface area contributed by atoms with Gasteiger partial charge in [0.25, 0.3) is 0 Å². The van der Waals surface area contributed by atoms with Crippen LogP contribution in [-0.2, 0) is 6.42 Å². The first-order valence-corrected chi connectivity index (χ1v) is 6.12. The minimum Gasteiger partial charge on any atom is -0.493 e. The number of ether oxygens (including phenoxy) is 1. The summed E-state index contributed by atoms with van der Waals surface area (Å²) < 4.78 is 5.65. The van der Waals surface area contributed by atoms with Crippen LogP contribution in [-0.4, -0.2) is 12.4 Å². The third kappa shape index (κ3) is 3.74. The topological polar surface area (TPSA) is 26.3 Å². The van der Waals surface area contributed by atoms with Crippen LogP contribution in [0.1, 0.15) is 42.6 Å². The van der Waals surface area contributed by atoms with Crippen LogP contribution in [0.25, 0.3) is 0 Å². The van der Waals surface area contributed by atoms with Gasteiger partial charge in [-0.05, 0) is 36.6 Å². The van der Waals surface area contributed by atoms with Gasteiger partial charge in [0.1, 0.15) is 5.75 Å². The predicted molar refractivity (Wildman–Crippen MR) is 70.8 cm³/mol. The van der Waals surface area contributed by atoms with Gasteiger partial charge >= 0.3 is 0 Å². The average Bonchev–Trinajstić information content (AvgIpc) is 2.36. The van der Waals surface area contributed by atoms with Crippen LogP contribution in [0.5, 0.6) is 5.75 Å². The van der Waals surface area contributed by atoms with Gasteiger partial charge in [0.05, 0.1) is 6.61 Å². The van der Waals surface area contributed by atoms with E-state index in [1.54, 1.807) is 0 Å². The first-order valence-electron chi connectivity index (χ1n) is 6.12. The van der Waals surface area contributed by atoms with Gasteiger partial charge < -0.3 is 4.74 Å². The Morgan fingerprint density at radius 2 is 2.18 bits per heavy atom. The molecule has 0 saturated carbocycles. The number of allylic oxidation sites excluding steroid dienone is 1. The van der Waals surface area contributed by atoms with E-state index in [-0.39, 0.29) is 5.78 Å². The van der Waals surface area contributed by atoms with Gasteiger partial charge in [-0.25, -0.2) is 0 Å². The van der Waals surface area contributed by atoms with Crippen LogP contribution in [0.3, 0.4) is 0 Å². The zero-order valence-corrected chi connectivity index (χ0v) is 10.7. The highest BCUT2D eigenvalue weighted by Gasteiger charge is 2.08. The van der Waals surface area contributed by atoms with Crippen molar-refractivity contribution in [3.05, 3.63) is 42.0 Å². The van der Waals surface area contributed by atoms with Crippen molar-refractivity contribution in [1.82, 2.24) is 0 Å². The van der Waals surface area contributed by atoms with Gasteiger partial charge in [0, 0.05) is 12.0 Å². The molecule has 0 aliphatic carbocycles. The standard InChI is InChI=1S/C15H20O2/c1-4-7-13-11-12(14(16)6-3)8-9-15(13)17-10-5-2/h4,8-9,11H,1,5-7,10H2,2-3H3. The van der Waals surface area contributed by atoms with E-state index in [4.69, 9.17) is 4.74 Å². The van der Waals surface area contributed by atoms with E-state index in [2.05, 4.69) is 13.5 Å². The van der Waals surface area contributed by atoms with E-state index < -0.39 is 0 Å². The third-order valence-corrected chi connectivity index (χ3v) is 2.53. The lowest BCUT2D eigenvalue weighted by atomic mass is 10.0. The number of hydrogen-bond acceptors (Lipinski definition) is 2. The molecule has 0 bridgehead atoms. The van der Waals surface area contributed by atoms with Gasteiger partial charge in [0.15, 0.2) is 5.78 Å². The van der Waals surface area contributed by atoms with Crippen molar-refractivity contribution < 1.29 is 9.53 Å². The van der Waals surface area contributed by atoms with Crippen LogP contribution in [0.2, 0.25) is 0 Å². The summed E-state index contributed by atoms with van der Waals surface area (Å²) >= 11 is 0. The molecule has 0 N–H and O–H groups in total. The zero-order valence-electron chi connectivity index (χ0n) is 10.7. The maximum absolute atomic E-state index is 11.6. The van der Waals surface area contributed by atoms with Crippen molar-refractivity contribution >= 4 is 5.78 Å². The summed E-state index contributed by atoms with van der Waals surface area (Å²) in [6, 6.07) is 5.64. The highest BCUT2D eigenvalue weighted by molar-refractivity contribution is 5.96. The summed E-state index contributed by atoms with van der Waals surface area (Å²) in [6.45, 7) is 8.37. The molecular formula is C15H20O2. The molecule has 2 heteroatoms. The van der Waals surface area contributed by atoms with Crippen LogP contribution < -0.4 is 4.74 Å². The molecule has 0 fully saturated rings. The van der Waals surface area contributed by atoms with Crippen molar-refractivity contribution in [2.75, 3.05) is 6.61 Å². The Kier molecular flexibility index (Phi) is 5.47. The minimum absolute atomic E-state index is 0.164. The fourth-order valence-electron chi connectivity index (χ4n) is 1.62. The lowest BCUT2D eigenvalue weighted by molar-refractivity contribution is 0.0988. The Balaban J connectivity index is 2.98. The number of ketones is 1. The molecule has 0 spiro atoms. The number of carbonyl (C=O) groups excluding carboxylic acids is 1. The Morgan fingerprint density at radius 3 is 2.76 bits per heavy atom. The predicted octanol–water partition coefficient (Wildman–Crippen LogP) is 3.80. The Bertz CT molecular complexity index is 394. The summed E-state index contributed by atoms with van der Waals surface area (Å²) in [5.41, 5.74) is 1.79. The van der Waals surface area contributed by atoms with E-state index in [9.17, 15) is 4.79 Å².